The van der Waals surface area contributed by atoms with Gasteiger partial charge in [-0.3, -0.25) is 0 Å². The summed E-state index contributed by atoms with van der Waals surface area (Å²) < 4.78 is 5.15. The lowest BCUT2D eigenvalue weighted by atomic mass is 10.1. The summed E-state index contributed by atoms with van der Waals surface area (Å²) in [5.41, 5.74) is 0.856. The van der Waals surface area contributed by atoms with Gasteiger partial charge >= 0.3 is 6.09 Å². The monoisotopic (exact) mass is 275 g/mol. The molecule has 98 valence electrons. The predicted molar refractivity (Wildman–Crippen MR) is 75.5 cm³/mol. The summed E-state index contributed by atoms with van der Waals surface area (Å²) in [4.78, 5) is 11.7. The average Bonchev–Trinajstić information content (AvgIpc) is 2.40. The van der Waals surface area contributed by atoms with Crippen molar-refractivity contribution in [2.24, 2.45) is 0 Å². The van der Waals surface area contributed by atoms with Crippen LogP contribution in [0.1, 0.15) is 18.5 Å². The van der Waals surface area contributed by atoms with Crippen molar-refractivity contribution in [1.29, 1.82) is 0 Å². The van der Waals surface area contributed by atoms with Crippen LogP contribution in [0.2, 0.25) is 5.02 Å². The van der Waals surface area contributed by atoms with Crippen LogP contribution in [-0.2, 0) is 0 Å². The molecule has 1 atom stereocenters. The first-order valence-corrected chi connectivity index (χ1v) is 6.32. The Kier molecular flexibility index (Phi) is 4.42. The first-order valence-electron chi connectivity index (χ1n) is 5.94. The van der Waals surface area contributed by atoms with Crippen LogP contribution in [0.5, 0.6) is 5.75 Å². The molecule has 0 saturated heterocycles. The zero-order valence-electron chi connectivity index (χ0n) is 10.5. The molecule has 2 aromatic carbocycles. The summed E-state index contributed by atoms with van der Waals surface area (Å²) in [7, 11) is 0. The standard InChI is InChI=1S/C15H14ClNO2/c1-11(13-9-5-6-10-14(13)16)17-15(18)19-12-7-3-2-4-8-12/h2-11H,1H3,(H,17,18)/t11-/m1/s1. The number of rotatable bonds is 3. The highest BCUT2D eigenvalue weighted by atomic mass is 35.5. The lowest BCUT2D eigenvalue weighted by Crippen LogP contribution is -2.29. The van der Waals surface area contributed by atoms with Crippen molar-refractivity contribution in [2.45, 2.75) is 13.0 Å². The van der Waals surface area contributed by atoms with Gasteiger partial charge in [0.1, 0.15) is 5.75 Å². The molecule has 2 rings (SSSR count). The van der Waals surface area contributed by atoms with Gasteiger partial charge in [-0.25, -0.2) is 4.79 Å². The maximum Gasteiger partial charge on any atom is 0.413 e. The van der Waals surface area contributed by atoms with Crippen LogP contribution < -0.4 is 10.1 Å². The van der Waals surface area contributed by atoms with Gasteiger partial charge in [-0.1, -0.05) is 48.0 Å². The van der Waals surface area contributed by atoms with E-state index in [4.69, 9.17) is 16.3 Å². The fourth-order valence-corrected chi connectivity index (χ4v) is 2.01. The lowest BCUT2D eigenvalue weighted by Gasteiger charge is -2.15. The van der Waals surface area contributed by atoms with Gasteiger partial charge in [0.05, 0.1) is 6.04 Å². The summed E-state index contributed by atoms with van der Waals surface area (Å²) in [6.45, 7) is 1.85. The van der Waals surface area contributed by atoms with Crippen LogP contribution in [0, 0.1) is 0 Å². The second-order valence-electron chi connectivity index (χ2n) is 4.09. The molecule has 0 radical (unpaired) electrons. The number of carbonyl (C=O) groups is 1. The van der Waals surface area contributed by atoms with E-state index in [9.17, 15) is 4.79 Å². The molecule has 1 N–H and O–H groups in total. The minimum Gasteiger partial charge on any atom is -0.410 e. The SMILES string of the molecule is C[C@@H](NC(=O)Oc1ccccc1)c1ccccc1Cl. The molecule has 0 aliphatic rings. The topological polar surface area (TPSA) is 38.3 Å². The summed E-state index contributed by atoms with van der Waals surface area (Å²) >= 11 is 6.07. The van der Waals surface area contributed by atoms with Crippen LogP contribution in [0.25, 0.3) is 0 Å². The van der Waals surface area contributed by atoms with Gasteiger partial charge in [0, 0.05) is 5.02 Å². The van der Waals surface area contributed by atoms with Crippen molar-refractivity contribution in [3.05, 3.63) is 65.2 Å². The predicted octanol–water partition coefficient (Wildman–Crippen LogP) is 4.19. The molecular weight excluding hydrogens is 262 g/mol. The number of para-hydroxylation sites is 1. The van der Waals surface area contributed by atoms with E-state index >= 15 is 0 Å². The number of benzene rings is 2. The number of nitrogens with one attached hydrogen (secondary N) is 1. The number of amides is 1. The molecule has 0 spiro atoms. The third-order valence-electron chi connectivity index (χ3n) is 2.66. The van der Waals surface area contributed by atoms with E-state index in [1.807, 2.05) is 31.2 Å². The Bertz CT molecular complexity index is 557. The smallest absolute Gasteiger partial charge is 0.410 e. The molecule has 3 nitrogen and oxygen atoms in total. The van der Waals surface area contributed by atoms with Crippen LogP contribution in [0.3, 0.4) is 0 Å². The molecule has 0 fully saturated rings. The van der Waals surface area contributed by atoms with Gasteiger partial charge in [-0.2, -0.15) is 0 Å². The molecule has 0 bridgehead atoms. The largest absolute Gasteiger partial charge is 0.413 e. The quantitative estimate of drug-likeness (QED) is 0.912. The zero-order chi connectivity index (χ0) is 13.7. The highest BCUT2D eigenvalue weighted by Crippen LogP contribution is 2.22. The van der Waals surface area contributed by atoms with E-state index in [0.717, 1.165) is 5.56 Å². The number of hydrogen-bond donors (Lipinski definition) is 1. The normalized spacial score (nSPS) is 11.7. The molecule has 0 unspecified atom stereocenters. The van der Waals surface area contributed by atoms with E-state index in [1.165, 1.54) is 0 Å². The number of ether oxygens (including phenoxy) is 1. The van der Waals surface area contributed by atoms with E-state index in [1.54, 1.807) is 30.3 Å². The minimum absolute atomic E-state index is 0.218. The first kappa shape index (κ1) is 13.4. The maximum atomic E-state index is 11.7. The van der Waals surface area contributed by atoms with Crippen molar-refractivity contribution in [2.75, 3.05) is 0 Å². The van der Waals surface area contributed by atoms with E-state index in [0.29, 0.717) is 10.8 Å². The Morgan fingerprint density at radius 1 is 1.11 bits per heavy atom. The fraction of sp³-hybridized carbons (Fsp3) is 0.133. The van der Waals surface area contributed by atoms with Gasteiger partial charge in [0.15, 0.2) is 0 Å². The Balaban J connectivity index is 1.98. The van der Waals surface area contributed by atoms with Crippen molar-refractivity contribution in [3.63, 3.8) is 0 Å². The second-order valence-corrected chi connectivity index (χ2v) is 4.50. The van der Waals surface area contributed by atoms with E-state index in [-0.39, 0.29) is 6.04 Å². The van der Waals surface area contributed by atoms with Gasteiger partial charge in [-0.15, -0.1) is 0 Å². The van der Waals surface area contributed by atoms with Crippen molar-refractivity contribution in [3.8, 4) is 5.75 Å². The van der Waals surface area contributed by atoms with Crippen LogP contribution in [0.15, 0.2) is 54.6 Å². The number of halogens is 1. The molecule has 0 aliphatic carbocycles. The molecular formula is C15H14ClNO2. The van der Waals surface area contributed by atoms with Crippen LogP contribution >= 0.6 is 11.6 Å². The van der Waals surface area contributed by atoms with Crippen molar-refractivity contribution in [1.82, 2.24) is 5.32 Å². The van der Waals surface area contributed by atoms with Gasteiger partial charge in [0.25, 0.3) is 0 Å². The zero-order valence-corrected chi connectivity index (χ0v) is 11.2. The number of carbonyl (C=O) groups excluding carboxylic acids is 1. The molecule has 0 saturated carbocycles. The summed E-state index contributed by atoms with van der Waals surface area (Å²) in [5.74, 6) is 0.506. The molecule has 1 amide bonds. The lowest BCUT2D eigenvalue weighted by molar-refractivity contribution is 0.197. The average molecular weight is 276 g/mol. The highest BCUT2D eigenvalue weighted by Gasteiger charge is 2.13. The van der Waals surface area contributed by atoms with Gasteiger partial charge in [0.2, 0.25) is 0 Å². The summed E-state index contributed by atoms with van der Waals surface area (Å²) in [5, 5.41) is 3.36. The number of hydrogen-bond acceptors (Lipinski definition) is 2. The maximum absolute atomic E-state index is 11.7. The molecule has 4 heteroatoms. The van der Waals surface area contributed by atoms with Gasteiger partial charge in [-0.05, 0) is 30.7 Å². The third kappa shape index (κ3) is 3.73. The Labute approximate surface area is 117 Å². The van der Waals surface area contributed by atoms with E-state index in [2.05, 4.69) is 5.32 Å². The summed E-state index contributed by atoms with van der Waals surface area (Å²) in [6, 6.07) is 16.1. The molecule has 0 aromatic heterocycles. The summed E-state index contributed by atoms with van der Waals surface area (Å²) in [6.07, 6.45) is -0.501. The minimum atomic E-state index is -0.501. The Morgan fingerprint density at radius 3 is 2.42 bits per heavy atom. The van der Waals surface area contributed by atoms with E-state index < -0.39 is 6.09 Å². The fourth-order valence-electron chi connectivity index (χ4n) is 1.71. The Morgan fingerprint density at radius 2 is 1.74 bits per heavy atom. The Hall–Kier alpha value is -2.00. The molecule has 19 heavy (non-hydrogen) atoms. The second kappa shape index (κ2) is 6.25. The molecule has 2 aromatic rings. The van der Waals surface area contributed by atoms with Crippen molar-refractivity contribution < 1.29 is 9.53 Å². The van der Waals surface area contributed by atoms with Crippen LogP contribution in [-0.4, -0.2) is 6.09 Å². The molecule has 0 aliphatic heterocycles. The third-order valence-corrected chi connectivity index (χ3v) is 3.00. The highest BCUT2D eigenvalue weighted by molar-refractivity contribution is 6.31. The van der Waals surface area contributed by atoms with Gasteiger partial charge < -0.3 is 10.1 Å². The van der Waals surface area contributed by atoms with Crippen molar-refractivity contribution >= 4 is 17.7 Å². The first-order chi connectivity index (χ1) is 9.16. The van der Waals surface area contributed by atoms with Crippen LogP contribution in [0.4, 0.5) is 4.79 Å². The molecule has 0 heterocycles.